The lowest BCUT2D eigenvalue weighted by atomic mass is 10.1. The molecule has 2 atom stereocenters. The lowest BCUT2D eigenvalue weighted by molar-refractivity contribution is -0.00439. The number of rotatable bonds is 5. The summed E-state index contributed by atoms with van der Waals surface area (Å²) in [4.78, 5) is 0. The van der Waals surface area contributed by atoms with E-state index in [1.54, 1.807) is 26.0 Å². The molecule has 0 heterocycles. The predicted molar refractivity (Wildman–Crippen MR) is 59.6 cm³/mol. The molecule has 2 unspecified atom stereocenters. The van der Waals surface area contributed by atoms with Crippen LogP contribution in [0.2, 0.25) is 0 Å². The second kappa shape index (κ2) is 6.02. The first kappa shape index (κ1) is 14.0. The number of halogens is 3. The van der Waals surface area contributed by atoms with Crippen molar-refractivity contribution in [3.8, 4) is 0 Å². The zero-order valence-electron chi connectivity index (χ0n) is 9.75. The highest BCUT2D eigenvalue weighted by Crippen LogP contribution is 2.16. The zero-order valence-corrected chi connectivity index (χ0v) is 9.75. The number of hydrogen-bond acceptors (Lipinski definition) is 2. The third-order valence-corrected chi connectivity index (χ3v) is 2.62. The van der Waals surface area contributed by atoms with Gasteiger partial charge >= 0.3 is 0 Å². The van der Waals surface area contributed by atoms with Crippen LogP contribution >= 0.6 is 0 Å². The van der Waals surface area contributed by atoms with Gasteiger partial charge in [-0.15, -0.1) is 0 Å². The number of aryl methyl sites for hydroxylation is 1. The van der Waals surface area contributed by atoms with Crippen LogP contribution in [-0.4, -0.2) is 24.2 Å². The van der Waals surface area contributed by atoms with Crippen LogP contribution in [0.25, 0.3) is 0 Å². The van der Waals surface area contributed by atoms with Crippen LogP contribution in [0.5, 0.6) is 0 Å². The Morgan fingerprint density at radius 3 is 2.53 bits per heavy atom. The van der Waals surface area contributed by atoms with E-state index in [0.29, 0.717) is 11.1 Å². The lowest BCUT2D eigenvalue weighted by Gasteiger charge is -2.17. The van der Waals surface area contributed by atoms with E-state index in [4.69, 9.17) is 5.11 Å². The summed E-state index contributed by atoms with van der Waals surface area (Å²) < 4.78 is 37.4. The number of benzene rings is 1. The first-order valence-corrected chi connectivity index (χ1v) is 5.37. The molecule has 0 fully saturated rings. The second-order valence-corrected chi connectivity index (χ2v) is 4.04. The molecular weight excluding hydrogens is 231 g/mol. The van der Waals surface area contributed by atoms with E-state index in [1.165, 1.54) is 6.07 Å². The summed E-state index contributed by atoms with van der Waals surface area (Å²) in [5.74, 6) is -0.328. The van der Waals surface area contributed by atoms with Gasteiger partial charge in [-0.1, -0.05) is 12.1 Å². The quantitative estimate of drug-likeness (QED) is 0.837. The zero-order chi connectivity index (χ0) is 13.0. The molecule has 0 bridgehead atoms. The average Bonchev–Trinajstić information content (AvgIpc) is 2.28. The van der Waals surface area contributed by atoms with Gasteiger partial charge in [-0.05, 0) is 31.0 Å². The average molecular weight is 247 g/mol. The fourth-order valence-corrected chi connectivity index (χ4v) is 1.38. The molecule has 2 N–H and O–H groups in total. The van der Waals surface area contributed by atoms with Gasteiger partial charge in [0.05, 0.1) is 0 Å². The summed E-state index contributed by atoms with van der Waals surface area (Å²) >= 11 is 0. The van der Waals surface area contributed by atoms with Crippen molar-refractivity contribution in [1.29, 1.82) is 0 Å². The highest BCUT2D eigenvalue weighted by Gasteiger charge is 2.17. The normalized spacial score (nSPS) is 15.0. The minimum absolute atomic E-state index is 0.228. The van der Waals surface area contributed by atoms with E-state index in [-0.39, 0.29) is 18.4 Å². The van der Waals surface area contributed by atoms with Crippen molar-refractivity contribution in [3.05, 3.63) is 35.1 Å². The Kier molecular flexibility index (Phi) is 4.96. The van der Waals surface area contributed by atoms with Crippen molar-refractivity contribution in [3.63, 3.8) is 0 Å². The van der Waals surface area contributed by atoms with Crippen LogP contribution in [-0.2, 0) is 0 Å². The Labute approximate surface area is 98.5 Å². The van der Waals surface area contributed by atoms with Gasteiger partial charge in [-0.2, -0.15) is 0 Å². The molecule has 0 amide bonds. The number of aliphatic hydroxyl groups excluding tert-OH is 1. The molecular formula is C12H16F3NO. The molecule has 1 rings (SSSR count). The van der Waals surface area contributed by atoms with Crippen LogP contribution in [0, 0.1) is 12.7 Å². The van der Waals surface area contributed by atoms with Crippen molar-refractivity contribution in [2.45, 2.75) is 32.4 Å². The van der Waals surface area contributed by atoms with Gasteiger partial charge < -0.3 is 10.4 Å². The Bertz CT molecular complexity index is 371. The van der Waals surface area contributed by atoms with E-state index in [9.17, 15) is 13.2 Å². The van der Waals surface area contributed by atoms with Crippen molar-refractivity contribution >= 4 is 0 Å². The van der Waals surface area contributed by atoms with Crippen LogP contribution < -0.4 is 5.32 Å². The molecule has 17 heavy (non-hydrogen) atoms. The molecule has 96 valence electrons. The summed E-state index contributed by atoms with van der Waals surface area (Å²) in [6.07, 6.45) is -4.47. The standard InChI is InChI=1S/C12H16F3NO/c1-7-3-4-9(5-10(7)13)8(2)16-6-11(17)12(14)15/h3-5,8,11-12,16-17H,6H2,1-2H3. The molecule has 0 radical (unpaired) electrons. The lowest BCUT2D eigenvalue weighted by Crippen LogP contribution is -2.33. The summed E-state index contributed by atoms with van der Waals surface area (Å²) in [6, 6.07) is 4.43. The minimum atomic E-state index is -2.77. The van der Waals surface area contributed by atoms with Gasteiger partial charge in [0.15, 0.2) is 0 Å². The van der Waals surface area contributed by atoms with E-state index in [2.05, 4.69) is 5.32 Å². The van der Waals surface area contributed by atoms with Gasteiger partial charge in [0.2, 0.25) is 0 Å². The summed E-state index contributed by atoms with van der Waals surface area (Å²) in [7, 11) is 0. The third-order valence-electron chi connectivity index (χ3n) is 2.62. The second-order valence-electron chi connectivity index (χ2n) is 4.04. The van der Waals surface area contributed by atoms with Gasteiger partial charge in [0, 0.05) is 12.6 Å². The first-order valence-electron chi connectivity index (χ1n) is 5.37. The maximum absolute atomic E-state index is 13.3. The highest BCUT2D eigenvalue weighted by atomic mass is 19.3. The van der Waals surface area contributed by atoms with E-state index < -0.39 is 12.5 Å². The Balaban J connectivity index is 2.58. The highest BCUT2D eigenvalue weighted by molar-refractivity contribution is 5.25. The number of nitrogens with one attached hydrogen (secondary N) is 1. The van der Waals surface area contributed by atoms with Crippen molar-refractivity contribution < 1.29 is 18.3 Å². The monoisotopic (exact) mass is 247 g/mol. The fourth-order valence-electron chi connectivity index (χ4n) is 1.38. The molecule has 1 aromatic carbocycles. The van der Waals surface area contributed by atoms with E-state index >= 15 is 0 Å². The largest absolute Gasteiger partial charge is 0.386 e. The Morgan fingerprint density at radius 2 is 2.00 bits per heavy atom. The minimum Gasteiger partial charge on any atom is -0.386 e. The third kappa shape index (κ3) is 4.02. The SMILES string of the molecule is Cc1ccc(C(C)NCC(O)C(F)F)cc1F. The number of hydrogen-bond donors (Lipinski definition) is 2. The first-order chi connectivity index (χ1) is 7.91. The smallest absolute Gasteiger partial charge is 0.265 e. The van der Waals surface area contributed by atoms with Crippen LogP contribution in [0.3, 0.4) is 0 Å². The summed E-state index contributed by atoms with van der Waals surface area (Å²) in [5.41, 5.74) is 1.20. The van der Waals surface area contributed by atoms with Crippen LogP contribution in [0.15, 0.2) is 18.2 Å². The number of alkyl halides is 2. The molecule has 0 aliphatic rings. The molecule has 0 aliphatic heterocycles. The maximum atomic E-state index is 13.3. The van der Waals surface area contributed by atoms with E-state index in [1.807, 2.05) is 0 Å². The van der Waals surface area contributed by atoms with Gasteiger partial charge in [-0.25, -0.2) is 13.2 Å². The molecule has 5 heteroatoms. The molecule has 1 aromatic rings. The molecule has 0 aromatic heterocycles. The fraction of sp³-hybridized carbons (Fsp3) is 0.500. The topological polar surface area (TPSA) is 32.3 Å². The van der Waals surface area contributed by atoms with Crippen molar-refractivity contribution in [2.24, 2.45) is 0 Å². The van der Waals surface area contributed by atoms with Crippen molar-refractivity contribution in [1.82, 2.24) is 5.32 Å². The molecule has 0 saturated carbocycles. The van der Waals surface area contributed by atoms with Gasteiger partial charge in [0.25, 0.3) is 6.43 Å². The summed E-state index contributed by atoms with van der Waals surface area (Å²) in [6.45, 7) is 3.15. The van der Waals surface area contributed by atoms with Crippen LogP contribution in [0.4, 0.5) is 13.2 Å². The van der Waals surface area contributed by atoms with Gasteiger partial charge in [-0.3, -0.25) is 0 Å². The van der Waals surface area contributed by atoms with Gasteiger partial charge in [0.1, 0.15) is 11.9 Å². The molecule has 0 saturated heterocycles. The van der Waals surface area contributed by atoms with E-state index in [0.717, 1.165) is 0 Å². The molecule has 0 aliphatic carbocycles. The Hall–Kier alpha value is -1.07. The van der Waals surface area contributed by atoms with Crippen molar-refractivity contribution in [2.75, 3.05) is 6.54 Å². The van der Waals surface area contributed by atoms with Crippen LogP contribution in [0.1, 0.15) is 24.1 Å². The summed E-state index contributed by atoms with van der Waals surface area (Å²) in [5, 5.41) is 11.7. The maximum Gasteiger partial charge on any atom is 0.265 e. The predicted octanol–water partition coefficient (Wildman–Crippen LogP) is 2.41. The number of aliphatic hydroxyl groups is 1. The Morgan fingerprint density at radius 1 is 1.35 bits per heavy atom. The molecule has 2 nitrogen and oxygen atoms in total. The molecule has 0 spiro atoms.